The van der Waals surface area contributed by atoms with E-state index in [1.807, 2.05) is 13.8 Å². The summed E-state index contributed by atoms with van der Waals surface area (Å²) >= 11 is 0. The summed E-state index contributed by atoms with van der Waals surface area (Å²) in [4.78, 5) is 23.1. The molecule has 0 saturated carbocycles. The van der Waals surface area contributed by atoms with Crippen LogP contribution in [0.1, 0.15) is 35.7 Å². The molecule has 0 spiro atoms. The molecule has 146 valence electrons. The fourth-order valence-corrected chi connectivity index (χ4v) is 3.15. The van der Waals surface area contributed by atoms with E-state index in [0.717, 1.165) is 24.5 Å². The molecule has 3 N–H and O–H groups in total. The molecule has 0 unspecified atom stereocenters. The summed E-state index contributed by atoms with van der Waals surface area (Å²) in [5.41, 5.74) is 1.22. The Morgan fingerprint density at radius 1 is 1.15 bits per heavy atom. The predicted octanol–water partition coefficient (Wildman–Crippen LogP) is 1.25. The summed E-state index contributed by atoms with van der Waals surface area (Å²) < 4.78 is 22.5. The average molecular weight is 391 g/mol. The van der Waals surface area contributed by atoms with Gasteiger partial charge < -0.3 is 10.2 Å². The smallest absolute Gasteiger partial charge is 0.270 e. The molecule has 8 nitrogen and oxygen atoms in total. The molecule has 2 aromatic rings. The summed E-state index contributed by atoms with van der Waals surface area (Å²) in [6, 6.07) is 7.96. The first-order chi connectivity index (χ1) is 12.7. The Balaban J connectivity index is 1.99. The predicted molar refractivity (Wildman–Crippen MR) is 104 cm³/mol. The first-order valence-corrected chi connectivity index (χ1v) is 10.3. The molecular weight excluding hydrogens is 366 g/mol. The van der Waals surface area contributed by atoms with E-state index in [1.165, 1.54) is 12.1 Å². The van der Waals surface area contributed by atoms with E-state index in [-0.39, 0.29) is 10.8 Å². The number of aromatic nitrogens is 2. The number of rotatable bonds is 8. The van der Waals surface area contributed by atoms with Crippen molar-refractivity contribution in [3.63, 3.8) is 0 Å². The van der Waals surface area contributed by atoms with Gasteiger partial charge in [0.15, 0.2) is 0 Å². The summed E-state index contributed by atoms with van der Waals surface area (Å²) in [7, 11) is -3.70. The number of amides is 1. The average Bonchev–Trinajstić information content (AvgIpc) is 2.62. The van der Waals surface area contributed by atoms with Crippen LogP contribution in [-0.4, -0.2) is 43.9 Å². The molecular formula is C18H25N5O3S. The van der Waals surface area contributed by atoms with Gasteiger partial charge in [0.05, 0.1) is 4.90 Å². The Morgan fingerprint density at radius 3 is 2.33 bits per heavy atom. The van der Waals surface area contributed by atoms with Crippen LogP contribution < -0.4 is 15.4 Å². The number of nitrogens with one attached hydrogen (secondary N) is 1. The number of hydrogen-bond donors (Lipinski definition) is 2. The minimum atomic E-state index is -3.70. The van der Waals surface area contributed by atoms with E-state index in [2.05, 4.69) is 20.2 Å². The summed E-state index contributed by atoms with van der Waals surface area (Å²) in [5.74, 6) is 1.01. The van der Waals surface area contributed by atoms with E-state index in [1.54, 1.807) is 25.1 Å². The van der Waals surface area contributed by atoms with Crippen LogP contribution in [0.25, 0.3) is 0 Å². The largest absolute Gasteiger partial charge is 0.357 e. The highest BCUT2D eigenvalue weighted by Gasteiger charge is 2.13. The number of nitrogens with two attached hydrogens (primary N) is 1. The highest BCUT2D eigenvalue weighted by molar-refractivity contribution is 7.89. The normalized spacial score (nSPS) is 11.3. The van der Waals surface area contributed by atoms with Crippen LogP contribution in [0.2, 0.25) is 0 Å². The molecule has 9 heteroatoms. The molecule has 1 aromatic carbocycles. The Labute approximate surface area is 159 Å². The van der Waals surface area contributed by atoms with Gasteiger partial charge in [-0.2, -0.15) is 0 Å². The maximum atomic E-state index is 12.4. The number of primary sulfonamides is 1. The summed E-state index contributed by atoms with van der Waals surface area (Å²) in [6.07, 6.45) is 0.559. The lowest BCUT2D eigenvalue weighted by molar-refractivity contribution is 0.0948. The maximum absolute atomic E-state index is 12.4. The second-order valence-corrected chi connectivity index (χ2v) is 7.59. The molecule has 0 radical (unpaired) electrons. The zero-order valence-corrected chi connectivity index (χ0v) is 16.6. The van der Waals surface area contributed by atoms with Crippen LogP contribution in [-0.2, 0) is 16.4 Å². The van der Waals surface area contributed by atoms with Gasteiger partial charge in [-0.3, -0.25) is 4.79 Å². The van der Waals surface area contributed by atoms with Gasteiger partial charge in [0.2, 0.25) is 10.0 Å². The highest BCUT2D eigenvalue weighted by Crippen LogP contribution is 2.13. The van der Waals surface area contributed by atoms with Crippen molar-refractivity contribution in [2.45, 2.75) is 32.1 Å². The van der Waals surface area contributed by atoms with Crippen molar-refractivity contribution in [1.29, 1.82) is 0 Å². The molecule has 27 heavy (non-hydrogen) atoms. The van der Waals surface area contributed by atoms with E-state index in [0.29, 0.717) is 24.5 Å². The monoisotopic (exact) mass is 391 g/mol. The van der Waals surface area contributed by atoms with Gasteiger partial charge in [-0.1, -0.05) is 12.1 Å². The van der Waals surface area contributed by atoms with Gasteiger partial charge in [-0.05, 0) is 44.9 Å². The number of benzene rings is 1. The topological polar surface area (TPSA) is 118 Å². The number of sulfonamides is 1. The van der Waals surface area contributed by atoms with Crippen LogP contribution in [0.4, 0.5) is 5.82 Å². The Morgan fingerprint density at radius 2 is 1.78 bits per heavy atom. The van der Waals surface area contributed by atoms with Gasteiger partial charge in [-0.25, -0.2) is 23.5 Å². The molecule has 0 aliphatic heterocycles. The summed E-state index contributed by atoms with van der Waals surface area (Å²) in [5, 5.41) is 7.91. The van der Waals surface area contributed by atoms with E-state index < -0.39 is 10.0 Å². The van der Waals surface area contributed by atoms with Crippen molar-refractivity contribution in [2.24, 2.45) is 5.14 Å². The minimum absolute atomic E-state index is 0.0654. The quantitative estimate of drug-likeness (QED) is 0.699. The van der Waals surface area contributed by atoms with Gasteiger partial charge in [-0.15, -0.1) is 0 Å². The third kappa shape index (κ3) is 5.73. The molecule has 0 atom stereocenters. The first kappa shape index (κ1) is 20.8. The Hall–Kier alpha value is -2.52. The van der Waals surface area contributed by atoms with Crippen LogP contribution >= 0.6 is 0 Å². The van der Waals surface area contributed by atoms with Crippen LogP contribution in [0.5, 0.6) is 0 Å². The zero-order chi connectivity index (χ0) is 20.0. The van der Waals surface area contributed by atoms with Crippen molar-refractivity contribution < 1.29 is 13.2 Å². The zero-order valence-electron chi connectivity index (χ0n) is 15.8. The lowest BCUT2D eigenvalue weighted by Gasteiger charge is -2.20. The van der Waals surface area contributed by atoms with Crippen LogP contribution in [0, 0.1) is 6.92 Å². The number of carbonyl (C=O) groups is 1. The van der Waals surface area contributed by atoms with Crippen LogP contribution in [0.15, 0.2) is 35.2 Å². The fourth-order valence-electron chi connectivity index (χ4n) is 2.63. The van der Waals surface area contributed by atoms with Crippen LogP contribution in [0.3, 0.4) is 0 Å². The van der Waals surface area contributed by atoms with Crippen molar-refractivity contribution in [3.8, 4) is 0 Å². The number of aryl methyl sites for hydroxylation is 1. The van der Waals surface area contributed by atoms with Crippen molar-refractivity contribution in [3.05, 3.63) is 47.4 Å². The lowest BCUT2D eigenvalue weighted by atomic mass is 10.1. The molecule has 1 aromatic heterocycles. The Bertz CT molecular complexity index is 894. The standard InChI is InChI=1S/C18H25N5O3S/c1-4-23(5-2)17-12-16(21-13(3)22-17)18(24)20-11-10-14-6-8-15(9-7-14)27(19,25)26/h6-9,12H,4-5,10-11H2,1-3H3,(H,20,24)(H2,19,25,26). The molecule has 0 aliphatic rings. The third-order valence-corrected chi connectivity index (χ3v) is 5.02. The van der Waals surface area contributed by atoms with Crippen molar-refractivity contribution >= 4 is 21.7 Å². The SMILES string of the molecule is CCN(CC)c1cc(C(=O)NCCc2ccc(S(N)(=O)=O)cc2)nc(C)n1. The van der Waals surface area contributed by atoms with Gasteiger partial charge in [0.25, 0.3) is 5.91 Å². The highest BCUT2D eigenvalue weighted by atomic mass is 32.2. The molecule has 0 bridgehead atoms. The second-order valence-electron chi connectivity index (χ2n) is 6.03. The molecule has 1 heterocycles. The molecule has 0 fully saturated rings. The van der Waals surface area contributed by atoms with E-state index in [9.17, 15) is 13.2 Å². The van der Waals surface area contributed by atoms with Crippen molar-refractivity contribution in [1.82, 2.24) is 15.3 Å². The van der Waals surface area contributed by atoms with Crippen molar-refractivity contribution in [2.75, 3.05) is 24.5 Å². The van der Waals surface area contributed by atoms with E-state index >= 15 is 0 Å². The summed E-state index contributed by atoms with van der Waals surface area (Å²) in [6.45, 7) is 7.81. The second kappa shape index (κ2) is 8.92. The fraction of sp³-hybridized carbons (Fsp3) is 0.389. The third-order valence-electron chi connectivity index (χ3n) is 4.10. The molecule has 0 saturated heterocycles. The number of nitrogens with zero attached hydrogens (tertiary/aromatic N) is 3. The molecule has 1 amide bonds. The van der Waals surface area contributed by atoms with Gasteiger partial charge in [0.1, 0.15) is 17.3 Å². The maximum Gasteiger partial charge on any atom is 0.270 e. The molecule has 0 aliphatic carbocycles. The van der Waals surface area contributed by atoms with E-state index in [4.69, 9.17) is 5.14 Å². The Kier molecular flexibility index (Phi) is 6.86. The number of hydrogen-bond acceptors (Lipinski definition) is 6. The number of carbonyl (C=O) groups excluding carboxylic acids is 1. The lowest BCUT2D eigenvalue weighted by Crippen LogP contribution is -2.28. The van der Waals surface area contributed by atoms with Gasteiger partial charge >= 0.3 is 0 Å². The minimum Gasteiger partial charge on any atom is -0.357 e. The molecule has 2 rings (SSSR count). The number of anilines is 1. The van der Waals surface area contributed by atoms with Gasteiger partial charge in [0, 0.05) is 25.7 Å². The first-order valence-electron chi connectivity index (χ1n) is 8.75.